The second-order valence-corrected chi connectivity index (χ2v) is 5.84. The molecule has 1 saturated heterocycles. The molecule has 0 saturated carbocycles. The first-order valence-corrected chi connectivity index (χ1v) is 7.29. The normalized spacial score (nSPS) is 23.9. The van der Waals surface area contributed by atoms with Gasteiger partial charge in [-0.15, -0.1) is 0 Å². The molecule has 1 atom stereocenters. The van der Waals surface area contributed by atoms with Gasteiger partial charge in [0.25, 0.3) is 0 Å². The molecule has 1 aromatic carbocycles. The number of aromatic amines is 1. The van der Waals surface area contributed by atoms with Gasteiger partial charge in [-0.3, -0.25) is 4.90 Å². The van der Waals surface area contributed by atoms with Crippen LogP contribution in [-0.4, -0.2) is 36.2 Å². The van der Waals surface area contributed by atoms with Crippen LogP contribution in [0.4, 0.5) is 0 Å². The molecule has 19 heavy (non-hydrogen) atoms. The average molecular weight is 256 g/mol. The second-order valence-electron chi connectivity index (χ2n) is 5.84. The van der Waals surface area contributed by atoms with Gasteiger partial charge in [0, 0.05) is 42.8 Å². The Bertz CT molecular complexity index is 583. The van der Waals surface area contributed by atoms with Gasteiger partial charge in [0.15, 0.2) is 0 Å². The largest absolute Gasteiger partial charge is 0.381 e. The van der Waals surface area contributed by atoms with Crippen molar-refractivity contribution < 1.29 is 4.74 Å². The molecule has 1 aromatic heterocycles. The number of aromatic nitrogens is 1. The van der Waals surface area contributed by atoms with Crippen LogP contribution in [0.2, 0.25) is 0 Å². The van der Waals surface area contributed by atoms with E-state index < -0.39 is 0 Å². The Hall–Kier alpha value is -1.32. The van der Waals surface area contributed by atoms with E-state index >= 15 is 0 Å². The first-order chi connectivity index (χ1) is 9.40. The third-order valence-corrected chi connectivity index (χ3v) is 4.50. The average Bonchev–Trinajstić information content (AvgIpc) is 3.05. The Morgan fingerprint density at radius 3 is 3.16 bits per heavy atom. The standard InChI is InChI=1S/C16H20N2O/c1-2-4-15-13(3-1)14-5-7-18(10-16(14)17-15)9-12-6-8-19-11-12/h1-4,12,17H,5-11H2. The fourth-order valence-electron chi connectivity index (χ4n) is 3.50. The van der Waals surface area contributed by atoms with Gasteiger partial charge in [-0.25, -0.2) is 0 Å². The number of fused-ring (bicyclic) bond motifs is 3. The Kier molecular flexibility index (Phi) is 2.82. The molecule has 0 radical (unpaired) electrons. The summed E-state index contributed by atoms with van der Waals surface area (Å²) in [7, 11) is 0. The highest BCUT2D eigenvalue weighted by Gasteiger charge is 2.24. The van der Waals surface area contributed by atoms with Gasteiger partial charge in [-0.05, 0) is 30.4 Å². The molecule has 0 amide bonds. The van der Waals surface area contributed by atoms with Crippen LogP contribution in [0.25, 0.3) is 10.9 Å². The minimum atomic E-state index is 0.742. The first kappa shape index (κ1) is 11.5. The number of hydrogen-bond acceptors (Lipinski definition) is 2. The van der Waals surface area contributed by atoms with Crippen molar-refractivity contribution in [3.63, 3.8) is 0 Å². The van der Waals surface area contributed by atoms with Crippen molar-refractivity contribution in [3.8, 4) is 0 Å². The monoisotopic (exact) mass is 256 g/mol. The number of ether oxygens (including phenoxy) is 1. The van der Waals surface area contributed by atoms with Crippen molar-refractivity contribution in [3.05, 3.63) is 35.5 Å². The molecule has 1 fully saturated rings. The van der Waals surface area contributed by atoms with Gasteiger partial charge < -0.3 is 9.72 Å². The summed E-state index contributed by atoms with van der Waals surface area (Å²) in [6.45, 7) is 5.35. The molecule has 2 aliphatic rings. The summed E-state index contributed by atoms with van der Waals surface area (Å²) in [5, 5.41) is 1.42. The van der Waals surface area contributed by atoms with Crippen LogP contribution in [0.1, 0.15) is 17.7 Å². The van der Waals surface area contributed by atoms with Crippen molar-refractivity contribution in [2.75, 3.05) is 26.3 Å². The van der Waals surface area contributed by atoms with Crippen LogP contribution in [0.3, 0.4) is 0 Å². The van der Waals surface area contributed by atoms with E-state index in [1.54, 1.807) is 0 Å². The van der Waals surface area contributed by atoms with Gasteiger partial charge >= 0.3 is 0 Å². The number of nitrogens with zero attached hydrogens (tertiary/aromatic N) is 1. The highest BCUT2D eigenvalue weighted by molar-refractivity contribution is 5.84. The lowest BCUT2D eigenvalue weighted by atomic mass is 10.0. The topological polar surface area (TPSA) is 28.3 Å². The number of H-pyrrole nitrogens is 1. The van der Waals surface area contributed by atoms with Gasteiger partial charge in [0.1, 0.15) is 0 Å². The fourth-order valence-corrected chi connectivity index (χ4v) is 3.50. The maximum atomic E-state index is 5.48. The molecule has 3 nitrogen and oxygen atoms in total. The minimum Gasteiger partial charge on any atom is -0.381 e. The van der Waals surface area contributed by atoms with Crippen LogP contribution in [0, 0.1) is 5.92 Å². The molecule has 3 heterocycles. The van der Waals surface area contributed by atoms with Gasteiger partial charge in [0.2, 0.25) is 0 Å². The van der Waals surface area contributed by atoms with Crippen LogP contribution in [0.5, 0.6) is 0 Å². The van der Waals surface area contributed by atoms with Crippen molar-refractivity contribution >= 4 is 10.9 Å². The van der Waals surface area contributed by atoms with Crippen molar-refractivity contribution in [2.24, 2.45) is 5.92 Å². The van der Waals surface area contributed by atoms with Gasteiger partial charge in [-0.2, -0.15) is 0 Å². The molecule has 1 unspecified atom stereocenters. The van der Waals surface area contributed by atoms with E-state index in [0.717, 1.165) is 25.7 Å². The lowest BCUT2D eigenvalue weighted by molar-refractivity contribution is 0.161. The van der Waals surface area contributed by atoms with E-state index in [1.165, 1.54) is 48.1 Å². The Labute approximate surface area is 113 Å². The predicted octanol–water partition coefficient (Wildman–Crippen LogP) is 2.56. The van der Waals surface area contributed by atoms with E-state index in [1.807, 2.05) is 0 Å². The quantitative estimate of drug-likeness (QED) is 0.894. The number of nitrogens with one attached hydrogen (secondary N) is 1. The maximum absolute atomic E-state index is 5.48. The molecule has 2 aromatic rings. The van der Waals surface area contributed by atoms with Crippen LogP contribution >= 0.6 is 0 Å². The van der Waals surface area contributed by atoms with E-state index in [9.17, 15) is 0 Å². The number of benzene rings is 1. The molecule has 0 aliphatic carbocycles. The van der Waals surface area contributed by atoms with Crippen LogP contribution < -0.4 is 0 Å². The van der Waals surface area contributed by atoms with Crippen LogP contribution in [-0.2, 0) is 17.7 Å². The SMILES string of the molecule is c1ccc2c3c([nH]c2c1)CN(CC1CCOC1)CC3. The van der Waals surface area contributed by atoms with Crippen molar-refractivity contribution in [2.45, 2.75) is 19.4 Å². The fraction of sp³-hybridized carbons (Fsp3) is 0.500. The van der Waals surface area contributed by atoms with E-state index in [4.69, 9.17) is 4.74 Å². The summed E-state index contributed by atoms with van der Waals surface area (Å²) < 4.78 is 5.48. The van der Waals surface area contributed by atoms with Gasteiger partial charge in [0.05, 0.1) is 6.61 Å². The van der Waals surface area contributed by atoms with Crippen LogP contribution in [0.15, 0.2) is 24.3 Å². The number of hydrogen-bond donors (Lipinski definition) is 1. The highest BCUT2D eigenvalue weighted by Crippen LogP contribution is 2.28. The van der Waals surface area contributed by atoms with Crippen molar-refractivity contribution in [1.82, 2.24) is 9.88 Å². The molecular formula is C16H20N2O. The second kappa shape index (κ2) is 4.66. The van der Waals surface area contributed by atoms with E-state index in [0.29, 0.717) is 0 Å². The molecule has 100 valence electrons. The molecule has 2 aliphatic heterocycles. The third kappa shape index (κ3) is 2.07. The highest BCUT2D eigenvalue weighted by atomic mass is 16.5. The molecule has 4 rings (SSSR count). The molecule has 3 heteroatoms. The molecule has 0 spiro atoms. The Balaban J connectivity index is 1.56. The van der Waals surface area contributed by atoms with Gasteiger partial charge in [-0.1, -0.05) is 18.2 Å². The lowest BCUT2D eigenvalue weighted by Crippen LogP contribution is -2.34. The van der Waals surface area contributed by atoms with Crippen molar-refractivity contribution in [1.29, 1.82) is 0 Å². The maximum Gasteiger partial charge on any atom is 0.0507 e. The lowest BCUT2D eigenvalue weighted by Gasteiger charge is -2.28. The number of para-hydroxylation sites is 1. The molecule has 0 bridgehead atoms. The summed E-state index contributed by atoms with van der Waals surface area (Å²) in [4.78, 5) is 6.18. The third-order valence-electron chi connectivity index (χ3n) is 4.50. The predicted molar refractivity (Wildman–Crippen MR) is 76.2 cm³/mol. The Morgan fingerprint density at radius 2 is 2.26 bits per heavy atom. The number of rotatable bonds is 2. The zero-order chi connectivity index (χ0) is 12.7. The van der Waals surface area contributed by atoms with E-state index in [-0.39, 0.29) is 0 Å². The van der Waals surface area contributed by atoms with E-state index in [2.05, 4.69) is 34.1 Å². The summed E-state index contributed by atoms with van der Waals surface area (Å²) in [6.07, 6.45) is 2.41. The zero-order valence-electron chi connectivity index (χ0n) is 11.2. The summed E-state index contributed by atoms with van der Waals surface area (Å²) >= 11 is 0. The minimum absolute atomic E-state index is 0.742. The first-order valence-electron chi connectivity index (χ1n) is 7.29. The zero-order valence-corrected chi connectivity index (χ0v) is 11.2. The Morgan fingerprint density at radius 1 is 1.32 bits per heavy atom. The molecule has 1 N–H and O–H groups in total. The summed E-state index contributed by atoms with van der Waals surface area (Å²) in [6, 6.07) is 8.67. The smallest absolute Gasteiger partial charge is 0.0507 e. The summed E-state index contributed by atoms with van der Waals surface area (Å²) in [5.41, 5.74) is 4.25. The molecular weight excluding hydrogens is 236 g/mol. The summed E-state index contributed by atoms with van der Waals surface area (Å²) in [5.74, 6) is 0.742.